The average Bonchev–Trinajstić information content (AvgIpc) is 2.99. The van der Waals surface area contributed by atoms with Crippen LogP contribution in [0.4, 0.5) is 0 Å². The summed E-state index contributed by atoms with van der Waals surface area (Å²) in [5.74, 6) is 1.67. The molecule has 0 unspecified atom stereocenters. The molecule has 0 radical (unpaired) electrons. The summed E-state index contributed by atoms with van der Waals surface area (Å²) < 4.78 is 10.3. The standard InChI is InChI=1S/C13H16N4O3/c1-19-10-4-3-9(7-11(10)20-2)13(18)14-6-5-12-15-8-16-17-12/h3-4,7-8H,5-6H2,1-2H3,(H,14,18)(H,15,16,17). The van der Waals surface area contributed by atoms with Gasteiger partial charge in [0, 0.05) is 18.5 Å². The van der Waals surface area contributed by atoms with Crippen LogP contribution in [0.15, 0.2) is 24.5 Å². The Balaban J connectivity index is 1.95. The number of hydrogen-bond acceptors (Lipinski definition) is 5. The van der Waals surface area contributed by atoms with Gasteiger partial charge < -0.3 is 14.8 Å². The Morgan fingerprint density at radius 3 is 2.75 bits per heavy atom. The predicted molar refractivity (Wildman–Crippen MR) is 72.0 cm³/mol. The SMILES string of the molecule is COc1ccc(C(=O)NCCc2ncn[nH]2)cc1OC. The summed E-state index contributed by atoms with van der Waals surface area (Å²) >= 11 is 0. The van der Waals surface area contributed by atoms with Gasteiger partial charge in [-0.2, -0.15) is 5.10 Å². The Hall–Kier alpha value is -2.57. The van der Waals surface area contributed by atoms with Crippen LogP contribution >= 0.6 is 0 Å². The van der Waals surface area contributed by atoms with Crippen LogP contribution in [0.3, 0.4) is 0 Å². The Labute approximate surface area is 116 Å². The highest BCUT2D eigenvalue weighted by molar-refractivity contribution is 5.94. The third-order valence-corrected chi connectivity index (χ3v) is 2.76. The maximum absolute atomic E-state index is 12.0. The third-order valence-electron chi connectivity index (χ3n) is 2.76. The van der Waals surface area contributed by atoms with E-state index in [2.05, 4.69) is 20.5 Å². The normalized spacial score (nSPS) is 10.1. The van der Waals surface area contributed by atoms with Crippen molar-refractivity contribution in [3.63, 3.8) is 0 Å². The van der Waals surface area contributed by atoms with Crippen molar-refractivity contribution < 1.29 is 14.3 Å². The molecule has 2 aromatic rings. The molecule has 0 fully saturated rings. The van der Waals surface area contributed by atoms with E-state index >= 15 is 0 Å². The average molecular weight is 276 g/mol. The van der Waals surface area contributed by atoms with Crippen molar-refractivity contribution in [1.29, 1.82) is 0 Å². The molecule has 1 heterocycles. The quantitative estimate of drug-likeness (QED) is 0.814. The molecule has 0 aliphatic heterocycles. The summed E-state index contributed by atoms with van der Waals surface area (Å²) in [7, 11) is 3.08. The van der Waals surface area contributed by atoms with Gasteiger partial charge in [0.15, 0.2) is 11.5 Å². The van der Waals surface area contributed by atoms with Gasteiger partial charge in [0.2, 0.25) is 0 Å². The monoisotopic (exact) mass is 276 g/mol. The topological polar surface area (TPSA) is 89.1 Å². The molecule has 0 atom stereocenters. The lowest BCUT2D eigenvalue weighted by Crippen LogP contribution is -2.26. The van der Waals surface area contributed by atoms with Gasteiger partial charge in [0.05, 0.1) is 14.2 Å². The van der Waals surface area contributed by atoms with Gasteiger partial charge in [0.25, 0.3) is 5.91 Å². The van der Waals surface area contributed by atoms with Crippen LogP contribution in [-0.2, 0) is 6.42 Å². The number of nitrogens with one attached hydrogen (secondary N) is 2. The maximum Gasteiger partial charge on any atom is 0.251 e. The zero-order valence-electron chi connectivity index (χ0n) is 11.3. The largest absolute Gasteiger partial charge is 0.493 e. The van der Waals surface area contributed by atoms with Crippen molar-refractivity contribution in [2.75, 3.05) is 20.8 Å². The van der Waals surface area contributed by atoms with Crippen LogP contribution in [0, 0.1) is 0 Å². The van der Waals surface area contributed by atoms with Gasteiger partial charge in [-0.3, -0.25) is 9.89 Å². The van der Waals surface area contributed by atoms with Crippen LogP contribution in [0.25, 0.3) is 0 Å². The van der Waals surface area contributed by atoms with E-state index in [1.807, 2.05) is 0 Å². The fraction of sp³-hybridized carbons (Fsp3) is 0.308. The molecule has 1 aromatic carbocycles. The van der Waals surface area contributed by atoms with E-state index in [0.717, 1.165) is 5.82 Å². The first-order valence-corrected chi connectivity index (χ1v) is 6.09. The van der Waals surface area contributed by atoms with E-state index < -0.39 is 0 Å². The number of carbonyl (C=O) groups is 1. The van der Waals surface area contributed by atoms with Crippen molar-refractivity contribution in [2.45, 2.75) is 6.42 Å². The van der Waals surface area contributed by atoms with Crippen LogP contribution < -0.4 is 14.8 Å². The van der Waals surface area contributed by atoms with Gasteiger partial charge in [-0.05, 0) is 18.2 Å². The van der Waals surface area contributed by atoms with E-state index in [1.165, 1.54) is 13.4 Å². The molecular formula is C13H16N4O3. The second kappa shape index (κ2) is 6.55. The lowest BCUT2D eigenvalue weighted by molar-refractivity contribution is 0.0953. The number of ether oxygens (including phenoxy) is 2. The van der Waals surface area contributed by atoms with Gasteiger partial charge in [-0.15, -0.1) is 0 Å². The van der Waals surface area contributed by atoms with Crippen molar-refractivity contribution in [3.8, 4) is 11.5 Å². The van der Waals surface area contributed by atoms with Crippen LogP contribution in [-0.4, -0.2) is 41.9 Å². The zero-order chi connectivity index (χ0) is 14.4. The second-order valence-electron chi connectivity index (χ2n) is 4.01. The number of amides is 1. The van der Waals surface area contributed by atoms with Gasteiger partial charge in [-0.25, -0.2) is 4.98 Å². The fourth-order valence-electron chi connectivity index (χ4n) is 1.73. The number of aromatic nitrogens is 3. The molecule has 1 amide bonds. The van der Waals surface area contributed by atoms with Gasteiger partial charge in [0.1, 0.15) is 12.2 Å². The lowest BCUT2D eigenvalue weighted by Gasteiger charge is -2.09. The van der Waals surface area contributed by atoms with Crippen LogP contribution in [0.5, 0.6) is 11.5 Å². The summed E-state index contributed by atoms with van der Waals surface area (Å²) in [6.07, 6.45) is 2.03. The van der Waals surface area contributed by atoms with E-state index in [4.69, 9.17) is 9.47 Å². The molecule has 0 saturated carbocycles. The molecule has 7 nitrogen and oxygen atoms in total. The molecule has 0 spiro atoms. The van der Waals surface area contributed by atoms with E-state index in [1.54, 1.807) is 25.3 Å². The molecule has 20 heavy (non-hydrogen) atoms. The van der Waals surface area contributed by atoms with Crippen LogP contribution in [0.1, 0.15) is 16.2 Å². The van der Waals surface area contributed by atoms with Crippen molar-refractivity contribution in [2.24, 2.45) is 0 Å². The smallest absolute Gasteiger partial charge is 0.251 e. The maximum atomic E-state index is 12.0. The zero-order valence-corrected chi connectivity index (χ0v) is 11.3. The van der Waals surface area contributed by atoms with E-state index in [-0.39, 0.29) is 5.91 Å². The first-order valence-electron chi connectivity index (χ1n) is 6.09. The summed E-state index contributed by atoms with van der Waals surface area (Å²) in [6.45, 7) is 0.475. The Kier molecular flexibility index (Phi) is 4.54. The van der Waals surface area contributed by atoms with E-state index in [0.29, 0.717) is 30.0 Å². The lowest BCUT2D eigenvalue weighted by atomic mass is 10.2. The molecule has 0 aliphatic rings. The molecule has 0 saturated heterocycles. The number of aromatic amines is 1. The Morgan fingerprint density at radius 2 is 2.10 bits per heavy atom. The molecule has 7 heteroatoms. The summed E-state index contributed by atoms with van der Waals surface area (Å²) in [6, 6.07) is 5.03. The Morgan fingerprint density at radius 1 is 1.30 bits per heavy atom. The molecule has 1 aromatic heterocycles. The minimum absolute atomic E-state index is 0.175. The van der Waals surface area contributed by atoms with Crippen LogP contribution in [0.2, 0.25) is 0 Å². The first-order chi connectivity index (χ1) is 9.74. The van der Waals surface area contributed by atoms with Gasteiger partial charge >= 0.3 is 0 Å². The minimum atomic E-state index is -0.175. The number of methoxy groups -OCH3 is 2. The molecule has 106 valence electrons. The number of benzene rings is 1. The highest BCUT2D eigenvalue weighted by Crippen LogP contribution is 2.27. The number of nitrogens with zero attached hydrogens (tertiary/aromatic N) is 2. The number of carbonyl (C=O) groups excluding carboxylic acids is 1. The molecule has 0 bridgehead atoms. The highest BCUT2D eigenvalue weighted by Gasteiger charge is 2.10. The second-order valence-corrected chi connectivity index (χ2v) is 4.01. The summed E-state index contributed by atoms with van der Waals surface area (Å²) in [5, 5.41) is 9.28. The fourth-order valence-corrected chi connectivity index (χ4v) is 1.73. The van der Waals surface area contributed by atoms with Crippen molar-refractivity contribution in [3.05, 3.63) is 35.9 Å². The first kappa shape index (κ1) is 13.9. The highest BCUT2D eigenvalue weighted by atomic mass is 16.5. The Bertz CT molecular complexity index is 569. The minimum Gasteiger partial charge on any atom is -0.493 e. The molecule has 2 rings (SSSR count). The molecular weight excluding hydrogens is 260 g/mol. The summed E-state index contributed by atoms with van der Waals surface area (Å²) in [5.41, 5.74) is 0.514. The summed E-state index contributed by atoms with van der Waals surface area (Å²) in [4.78, 5) is 16.0. The third kappa shape index (κ3) is 3.25. The van der Waals surface area contributed by atoms with Gasteiger partial charge in [-0.1, -0.05) is 0 Å². The predicted octanol–water partition coefficient (Wildman–Crippen LogP) is 0.794. The number of hydrogen-bond donors (Lipinski definition) is 2. The molecule has 2 N–H and O–H groups in total. The van der Waals surface area contributed by atoms with Crippen molar-refractivity contribution in [1.82, 2.24) is 20.5 Å². The molecule has 0 aliphatic carbocycles. The number of H-pyrrole nitrogens is 1. The van der Waals surface area contributed by atoms with E-state index in [9.17, 15) is 4.79 Å². The van der Waals surface area contributed by atoms with Crippen molar-refractivity contribution >= 4 is 5.91 Å². The number of rotatable bonds is 6.